The van der Waals surface area contributed by atoms with Crippen molar-refractivity contribution in [3.8, 4) is 0 Å². The normalized spacial score (nSPS) is 11.8. The number of hydrogen-bond donors (Lipinski definition) is 1. The lowest BCUT2D eigenvalue weighted by Crippen LogP contribution is -1.85. The molecule has 0 unspecified atom stereocenters. The predicted molar refractivity (Wildman–Crippen MR) is 85.6 cm³/mol. The van der Waals surface area contributed by atoms with E-state index in [1.807, 2.05) is 18.2 Å². The van der Waals surface area contributed by atoms with Crippen LogP contribution in [-0.4, -0.2) is 10.2 Å². The summed E-state index contributed by atoms with van der Waals surface area (Å²) >= 11 is 0. The Morgan fingerprint density at radius 1 is 1.00 bits per heavy atom. The fourth-order valence-corrected chi connectivity index (χ4v) is 2.28. The average Bonchev–Trinajstić information content (AvgIpc) is 2.88. The van der Waals surface area contributed by atoms with Crippen LogP contribution < -0.4 is 0 Å². The van der Waals surface area contributed by atoms with E-state index in [9.17, 15) is 0 Å². The molecule has 1 aromatic heterocycles. The van der Waals surface area contributed by atoms with Crippen molar-refractivity contribution in [1.82, 2.24) is 10.2 Å². The van der Waals surface area contributed by atoms with E-state index in [-0.39, 0.29) is 0 Å². The molecule has 0 aliphatic rings. The van der Waals surface area contributed by atoms with Gasteiger partial charge in [-0.3, -0.25) is 5.10 Å². The molecule has 0 aliphatic carbocycles. The topological polar surface area (TPSA) is 28.7 Å². The number of fused-ring (bicyclic) bond motifs is 1. The summed E-state index contributed by atoms with van der Waals surface area (Å²) in [6.45, 7) is 4.40. The molecule has 2 nitrogen and oxygen atoms in total. The third-order valence-corrected chi connectivity index (χ3v) is 3.52. The lowest BCUT2D eigenvalue weighted by Gasteiger charge is -2.04. The summed E-state index contributed by atoms with van der Waals surface area (Å²) < 4.78 is 0. The van der Waals surface area contributed by atoms with Gasteiger partial charge in [-0.05, 0) is 29.2 Å². The van der Waals surface area contributed by atoms with Crippen LogP contribution in [-0.2, 0) is 0 Å². The number of H-pyrrole nitrogens is 1. The molecule has 2 heteroatoms. The van der Waals surface area contributed by atoms with E-state index in [1.54, 1.807) is 0 Å². The van der Waals surface area contributed by atoms with Crippen molar-refractivity contribution in [3.63, 3.8) is 0 Å². The Morgan fingerprint density at radius 3 is 2.55 bits per heavy atom. The number of aromatic amines is 1. The molecular weight excluding hydrogens is 244 g/mol. The van der Waals surface area contributed by atoms with Crippen LogP contribution in [0.2, 0.25) is 0 Å². The van der Waals surface area contributed by atoms with Gasteiger partial charge >= 0.3 is 0 Å². The van der Waals surface area contributed by atoms with Gasteiger partial charge in [0.1, 0.15) is 0 Å². The first-order valence-corrected chi connectivity index (χ1v) is 6.95. The summed E-state index contributed by atoms with van der Waals surface area (Å²) in [6, 6.07) is 16.8. The zero-order valence-electron chi connectivity index (χ0n) is 11.8. The smallest absolute Gasteiger partial charge is 0.0927 e. The van der Waals surface area contributed by atoms with E-state index in [4.69, 9.17) is 0 Å². The van der Waals surface area contributed by atoms with E-state index in [1.165, 1.54) is 16.5 Å². The average molecular weight is 262 g/mol. The van der Waals surface area contributed by atoms with Gasteiger partial charge in [0.2, 0.25) is 0 Å². The molecule has 0 spiro atoms. The van der Waals surface area contributed by atoms with Gasteiger partial charge in [-0.15, -0.1) is 0 Å². The lowest BCUT2D eigenvalue weighted by molar-refractivity contribution is 0.868. The van der Waals surface area contributed by atoms with Gasteiger partial charge in [0, 0.05) is 5.39 Å². The van der Waals surface area contributed by atoms with Crippen molar-refractivity contribution in [2.24, 2.45) is 0 Å². The molecule has 0 aliphatic heterocycles. The zero-order valence-corrected chi connectivity index (χ0v) is 11.8. The molecule has 0 saturated carbocycles. The molecule has 0 atom stereocenters. The van der Waals surface area contributed by atoms with Gasteiger partial charge in [-0.2, -0.15) is 5.10 Å². The first kappa shape index (κ1) is 12.7. The van der Waals surface area contributed by atoms with Gasteiger partial charge in [0.05, 0.1) is 11.2 Å². The Bertz CT molecular complexity index is 736. The Labute approximate surface area is 119 Å². The largest absolute Gasteiger partial charge is 0.277 e. The van der Waals surface area contributed by atoms with Crippen molar-refractivity contribution in [3.05, 3.63) is 65.4 Å². The lowest BCUT2D eigenvalue weighted by atomic mass is 10.0. The molecule has 0 amide bonds. The maximum atomic E-state index is 4.40. The SMILES string of the molecule is CC(C)c1ccc2c(/C=C/c3ccccc3)n[nH]c2c1. The van der Waals surface area contributed by atoms with Crippen LogP contribution in [0.15, 0.2) is 48.5 Å². The van der Waals surface area contributed by atoms with Gasteiger partial charge in [-0.1, -0.05) is 62.4 Å². The van der Waals surface area contributed by atoms with Crippen LogP contribution >= 0.6 is 0 Å². The van der Waals surface area contributed by atoms with E-state index >= 15 is 0 Å². The summed E-state index contributed by atoms with van der Waals surface area (Å²) in [6.07, 6.45) is 4.15. The highest BCUT2D eigenvalue weighted by Crippen LogP contribution is 2.23. The minimum atomic E-state index is 0.533. The molecule has 0 radical (unpaired) electrons. The summed E-state index contributed by atoms with van der Waals surface area (Å²) in [5.41, 5.74) is 4.60. The quantitative estimate of drug-likeness (QED) is 0.717. The Hall–Kier alpha value is -2.35. The highest BCUT2D eigenvalue weighted by Gasteiger charge is 2.05. The first-order chi connectivity index (χ1) is 9.74. The first-order valence-electron chi connectivity index (χ1n) is 6.95. The molecule has 2 aromatic carbocycles. The van der Waals surface area contributed by atoms with Crippen molar-refractivity contribution >= 4 is 23.1 Å². The third-order valence-electron chi connectivity index (χ3n) is 3.52. The van der Waals surface area contributed by atoms with Gasteiger partial charge in [0.15, 0.2) is 0 Å². The van der Waals surface area contributed by atoms with E-state index in [2.05, 4.69) is 66.5 Å². The monoisotopic (exact) mass is 262 g/mol. The number of nitrogens with zero attached hydrogens (tertiary/aromatic N) is 1. The second kappa shape index (κ2) is 5.33. The summed E-state index contributed by atoms with van der Waals surface area (Å²) in [4.78, 5) is 0. The van der Waals surface area contributed by atoms with Crippen LogP contribution in [0, 0.1) is 0 Å². The minimum absolute atomic E-state index is 0.533. The second-order valence-electron chi connectivity index (χ2n) is 5.31. The minimum Gasteiger partial charge on any atom is -0.277 e. The highest BCUT2D eigenvalue weighted by atomic mass is 15.1. The predicted octanol–water partition coefficient (Wildman–Crippen LogP) is 4.86. The van der Waals surface area contributed by atoms with Gasteiger partial charge < -0.3 is 0 Å². The fourth-order valence-electron chi connectivity index (χ4n) is 2.28. The van der Waals surface area contributed by atoms with Crippen LogP contribution in [0.3, 0.4) is 0 Å². The number of aromatic nitrogens is 2. The molecule has 20 heavy (non-hydrogen) atoms. The van der Waals surface area contributed by atoms with Crippen LogP contribution in [0.1, 0.15) is 36.6 Å². The van der Waals surface area contributed by atoms with Gasteiger partial charge in [0.25, 0.3) is 0 Å². The molecule has 0 saturated heterocycles. The second-order valence-corrected chi connectivity index (χ2v) is 5.31. The number of benzene rings is 2. The summed E-state index contributed by atoms with van der Waals surface area (Å²) in [5.74, 6) is 0.533. The third kappa shape index (κ3) is 2.50. The van der Waals surface area contributed by atoms with Gasteiger partial charge in [-0.25, -0.2) is 0 Å². The van der Waals surface area contributed by atoms with Crippen LogP contribution in [0.5, 0.6) is 0 Å². The maximum absolute atomic E-state index is 4.40. The van der Waals surface area contributed by atoms with Crippen molar-refractivity contribution in [2.75, 3.05) is 0 Å². The van der Waals surface area contributed by atoms with Crippen LogP contribution in [0.4, 0.5) is 0 Å². The summed E-state index contributed by atoms with van der Waals surface area (Å²) in [5, 5.41) is 8.69. The summed E-state index contributed by atoms with van der Waals surface area (Å²) in [7, 11) is 0. The van der Waals surface area contributed by atoms with Crippen molar-refractivity contribution in [2.45, 2.75) is 19.8 Å². The number of hydrogen-bond acceptors (Lipinski definition) is 1. The zero-order chi connectivity index (χ0) is 13.9. The molecule has 0 bridgehead atoms. The number of nitrogens with one attached hydrogen (secondary N) is 1. The maximum Gasteiger partial charge on any atom is 0.0927 e. The van der Waals surface area contributed by atoms with Crippen molar-refractivity contribution in [1.29, 1.82) is 0 Å². The van der Waals surface area contributed by atoms with E-state index < -0.39 is 0 Å². The van der Waals surface area contributed by atoms with E-state index in [0.29, 0.717) is 5.92 Å². The molecule has 0 fully saturated rings. The number of rotatable bonds is 3. The Morgan fingerprint density at radius 2 is 1.80 bits per heavy atom. The van der Waals surface area contributed by atoms with E-state index in [0.717, 1.165) is 11.2 Å². The fraction of sp³-hybridized carbons (Fsp3) is 0.167. The standard InChI is InChI=1S/C18H18N2/c1-13(2)15-9-10-16-17(19-20-18(16)12-15)11-8-14-6-4-3-5-7-14/h3-13H,1-2H3,(H,19,20)/b11-8+. The Kier molecular flexibility index (Phi) is 3.38. The molecular formula is C18H18N2. The molecule has 3 aromatic rings. The molecule has 3 rings (SSSR count). The van der Waals surface area contributed by atoms with Crippen molar-refractivity contribution < 1.29 is 0 Å². The Balaban J connectivity index is 1.95. The van der Waals surface area contributed by atoms with Crippen LogP contribution in [0.25, 0.3) is 23.1 Å². The molecule has 1 N–H and O–H groups in total. The highest BCUT2D eigenvalue weighted by molar-refractivity contribution is 5.89. The molecule has 1 heterocycles. The molecule has 100 valence electrons.